The van der Waals surface area contributed by atoms with Gasteiger partial charge in [0.15, 0.2) is 6.61 Å². The van der Waals surface area contributed by atoms with Crippen molar-refractivity contribution in [2.75, 3.05) is 17.5 Å². The van der Waals surface area contributed by atoms with Gasteiger partial charge >= 0.3 is 12.1 Å². The minimum Gasteiger partial charge on any atom is -0.482 e. The van der Waals surface area contributed by atoms with Crippen LogP contribution >= 0.6 is 11.6 Å². The molecule has 0 fully saturated rings. The lowest BCUT2D eigenvalue weighted by atomic mass is 10.2. The number of sulfonamides is 1. The van der Waals surface area contributed by atoms with Crippen LogP contribution in [0.2, 0.25) is 5.02 Å². The van der Waals surface area contributed by atoms with Gasteiger partial charge in [0.25, 0.3) is 15.9 Å². The molecule has 0 bridgehead atoms. The van der Waals surface area contributed by atoms with Crippen molar-refractivity contribution in [2.24, 2.45) is 5.10 Å². The van der Waals surface area contributed by atoms with E-state index in [4.69, 9.17) is 21.1 Å². The Morgan fingerprint density at radius 1 is 1.00 bits per heavy atom. The summed E-state index contributed by atoms with van der Waals surface area (Å²) in [7, 11) is -4.52. The van der Waals surface area contributed by atoms with Crippen molar-refractivity contribution >= 4 is 45.4 Å². The molecule has 42 heavy (non-hydrogen) atoms. The molecule has 3 rings (SSSR count). The van der Waals surface area contributed by atoms with Crippen LogP contribution in [0.15, 0.2) is 82.8 Å². The van der Waals surface area contributed by atoms with Gasteiger partial charge < -0.3 is 9.47 Å². The summed E-state index contributed by atoms with van der Waals surface area (Å²) in [5.41, 5.74) is 0.348. The number of carbonyl (C=O) groups excluding carboxylic acids is 2. The van der Waals surface area contributed by atoms with Gasteiger partial charge in [-0.1, -0.05) is 29.8 Å². The molecule has 224 valence electrons. The average Bonchev–Trinajstić information content (AvgIpc) is 2.90. The first kappa shape index (κ1) is 32.4. The SMILES string of the molecule is CC(C)(C)OC(=O)COc1ccc(C=NNC(=O)CN(c2cc(C(F)(F)F)ccc2Cl)S(=O)(=O)c2ccccc2)cc1. The molecule has 0 atom stereocenters. The predicted molar refractivity (Wildman–Crippen MR) is 151 cm³/mol. The molecule has 0 radical (unpaired) electrons. The number of esters is 1. The Hall–Kier alpha value is -4.10. The molecule has 3 aromatic carbocycles. The number of hydrogen-bond acceptors (Lipinski definition) is 7. The fourth-order valence-corrected chi connectivity index (χ4v) is 5.13. The molecule has 1 N–H and O–H groups in total. The van der Waals surface area contributed by atoms with Gasteiger partial charge in [-0.3, -0.25) is 9.10 Å². The fourth-order valence-electron chi connectivity index (χ4n) is 3.41. The van der Waals surface area contributed by atoms with Crippen LogP contribution < -0.4 is 14.5 Å². The molecule has 0 aliphatic carbocycles. The number of anilines is 1. The second kappa shape index (κ2) is 13.3. The Morgan fingerprint density at radius 2 is 1.64 bits per heavy atom. The lowest BCUT2D eigenvalue weighted by molar-refractivity contribution is -0.157. The van der Waals surface area contributed by atoms with E-state index in [1.165, 1.54) is 30.5 Å². The zero-order valence-corrected chi connectivity index (χ0v) is 24.3. The molecule has 0 unspecified atom stereocenters. The normalized spacial score (nSPS) is 12.2. The van der Waals surface area contributed by atoms with Gasteiger partial charge in [-0.25, -0.2) is 18.6 Å². The highest BCUT2D eigenvalue weighted by Crippen LogP contribution is 2.37. The monoisotopic (exact) mass is 625 g/mol. The Kier molecular flexibility index (Phi) is 10.2. The quantitative estimate of drug-likeness (QED) is 0.183. The van der Waals surface area contributed by atoms with Gasteiger partial charge in [-0.2, -0.15) is 18.3 Å². The molecule has 1 amide bonds. The van der Waals surface area contributed by atoms with E-state index in [0.717, 1.165) is 6.07 Å². The minimum absolute atomic E-state index is 0.260. The second-order valence-electron chi connectivity index (χ2n) is 9.73. The Morgan fingerprint density at radius 3 is 2.24 bits per heavy atom. The molecule has 0 saturated heterocycles. The van der Waals surface area contributed by atoms with E-state index >= 15 is 0 Å². The highest BCUT2D eigenvalue weighted by molar-refractivity contribution is 7.92. The molecule has 0 aliphatic heterocycles. The Labute approximate surface area is 245 Å². The summed E-state index contributed by atoms with van der Waals surface area (Å²) in [6.45, 7) is 3.99. The number of alkyl halides is 3. The predicted octanol–water partition coefficient (Wildman–Crippen LogP) is 5.42. The molecule has 0 saturated carbocycles. The van der Waals surface area contributed by atoms with Gasteiger partial charge in [0.05, 0.1) is 27.4 Å². The summed E-state index contributed by atoms with van der Waals surface area (Å²) in [6.07, 6.45) is -3.53. The smallest absolute Gasteiger partial charge is 0.416 e. The summed E-state index contributed by atoms with van der Waals surface area (Å²) in [5.74, 6) is -1.11. The van der Waals surface area contributed by atoms with Crippen LogP contribution in [0, 0.1) is 0 Å². The number of halogens is 4. The van der Waals surface area contributed by atoms with Crippen molar-refractivity contribution in [2.45, 2.75) is 37.4 Å². The first-order valence-corrected chi connectivity index (χ1v) is 14.1. The Balaban J connectivity index is 1.74. The third kappa shape index (κ3) is 9.21. The molecular weight excluding hydrogens is 599 g/mol. The second-order valence-corrected chi connectivity index (χ2v) is 12.0. The standard InChI is InChI=1S/C28H27ClF3N3O6S/c1-27(2,3)41-26(37)18-40-21-12-9-19(10-13-21)16-33-34-25(36)17-35(42(38,39)22-7-5-4-6-8-22)24-15-20(28(30,31)32)11-14-23(24)29/h4-16H,17-18H2,1-3H3,(H,34,36). The molecule has 9 nitrogen and oxygen atoms in total. The number of hydrogen-bond donors (Lipinski definition) is 1. The van der Waals surface area contributed by atoms with E-state index in [9.17, 15) is 31.2 Å². The van der Waals surface area contributed by atoms with Crippen LogP contribution in [-0.2, 0) is 30.5 Å². The largest absolute Gasteiger partial charge is 0.482 e. The van der Waals surface area contributed by atoms with E-state index in [-0.39, 0.29) is 16.5 Å². The minimum atomic E-state index is -4.79. The van der Waals surface area contributed by atoms with Gasteiger partial charge in [-0.15, -0.1) is 0 Å². The van der Waals surface area contributed by atoms with Crippen LogP contribution in [0.4, 0.5) is 18.9 Å². The maximum absolute atomic E-state index is 13.4. The average molecular weight is 626 g/mol. The Bertz CT molecular complexity index is 1540. The van der Waals surface area contributed by atoms with Crippen molar-refractivity contribution in [1.29, 1.82) is 0 Å². The van der Waals surface area contributed by atoms with Crippen LogP contribution in [0.25, 0.3) is 0 Å². The number of hydrazone groups is 1. The molecule has 14 heteroatoms. The zero-order valence-electron chi connectivity index (χ0n) is 22.7. The van der Waals surface area contributed by atoms with Gasteiger partial charge in [0.2, 0.25) is 0 Å². The van der Waals surface area contributed by atoms with Gasteiger partial charge in [0.1, 0.15) is 17.9 Å². The lowest BCUT2D eigenvalue weighted by Gasteiger charge is -2.25. The van der Waals surface area contributed by atoms with Crippen molar-refractivity contribution < 1.29 is 40.7 Å². The van der Waals surface area contributed by atoms with E-state index < -0.39 is 51.5 Å². The summed E-state index contributed by atoms with van der Waals surface area (Å²) in [5, 5.41) is 3.48. The third-order valence-electron chi connectivity index (χ3n) is 5.22. The maximum Gasteiger partial charge on any atom is 0.416 e. The summed E-state index contributed by atoms with van der Waals surface area (Å²) in [6, 6.07) is 15.3. The zero-order chi connectivity index (χ0) is 31.1. The van der Waals surface area contributed by atoms with Crippen LogP contribution in [0.1, 0.15) is 31.9 Å². The van der Waals surface area contributed by atoms with Crippen molar-refractivity contribution in [3.8, 4) is 5.75 Å². The van der Waals surface area contributed by atoms with Crippen LogP contribution in [-0.4, -0.2) is 45.3 Å². The number of rotatable bonds is 10. The van der Waals surface area contributed by atoms with Crippen LogP contribution in [0.3, 0.4) is 0 Å². The number of nitrogens with zero attached hydrogens (tertiary/aromatic N) is 2. The summed E-state index contributed by atoms with van der Waals surface area (Å²) < 4.78 is 78.0. The van der Waals surface area contributed by atoms with Crippen molar-refractivity contribution in [1.82, 2.24) is 5.43 Å². The lowest BCUT2D eigenvalue weighted by Crippen LogP contribution is -2.40. The highest BCUT2D eigenvalue weighted by atomic mass is 35.5. The van der Waals surface area contributed by atoms with E-state index in [0.29, 0.717) is 27.8 Å². The topological polar surface area (TPSA) is 114 Å². The summed E-state index contributed by atoms with van der Waals surface area (Å²) >= 11 is 6.11. The third-order valence-corrected chi connectivity index (χ3v) is 7.31. The van der Waals surface area contributed by atoms with Crippen LogP contribution in [0.5, 0.6) is 5.75 Å². The molecule has 3 aromatic rings. The summed E-state index contributed by atoms with van der Waals surface area (Å²) in [4.78, 5) is 24.3. The number of benzene rings is 3. The van der Waals surface area contributed by atoms with Crippen molar-refractivity contribution in [3.05, 3.63) is 88.9 Å². The molecule has 0 aromatic heterocycles. The number of nitrogens with one attached hydrogen (secondary N) is 1. The first-order chi connectivity index (χ1) is 19.6. The highest BCUT2D eigenvalue weighted by Gasteiger charge is 2.34. The van der Waals surface area contributed by atoms with Crippen molar-refractivity contribution in [3.63, 3.8) is 0 Å². The number of ether oxygens (including phenoxy) is 2. The molecule has 0 spiro atoms. The molecular formula is C28H27ClF3N3O6S. The fraction of sp³-hybridized carbons (Fsp3) is 0.250. The molecule has 0 aliphatic rings. The first-order valence-electron chi connectivity index (χ1n) is 12.3. The van der Waals surface area contributed by atoms with Gasteiger partial charge in [-0.05, 0) is 80.9 Å². The van der Waals surface area contributed by atoms with E-state index in [1.54, 1.807) is 51.1 Å². The number of carbonyl (C=O) groups is 2. The maximum atomic E-state index is 13.4. The van der Waals surface area contributed by atoms with Gasteiger partial charge in [0, 0.05) is 0 Å². The van der Waals surface area contributed by atoms with E-state index in [2.05, 4.69) is 10.5 Å². The number of amides is 1. The molecule has 0 heterocycles. The van der Waals surface area contributed by atoms with E-state index in [1.807, 2.05) is 0 Å².